The maximum Gasteiger partial charge on any atom is 0.410 e. The van der Waals surface area contributed by atoms with E-state index in [1.54, 1.807) is 4.90 Å². The number of hydrogen-bond acceptors (Lipinski definition) is 3. The molecule has 0 radical (unpaired) electrons. The van der Waals surface area contributed by atoms with Crippen LogP contribution in [0.2, 0.25) is 0 Å². The van der Waals surface area contributed by atoms with Gasteiger partial charge in [-0.2, -0.15) is 0 Å². The molecule has 2 atom stereocenters. The maximum absolute atomic E-state index is 11.9. The third-order valence-corrected chi connectivity index (χ3v) is 2.96. The van der Waals surface area contributed by atoms with E-state index in [0.29, 0.717) is 19.4 Å². The largest absolute Gasteiger partial charge is 0.444 e. The molecule has 16 heavy (non-hydrogen) atoms. The van der Waals surface area contributed by atoms with Gasteiger partial charge >= 0.3 is 6.09 Å². The molecule has 1 saturated heterocycles. The first-order valence-electron chi connectivity index (χ1n) is 5.89. The van der Waals surface area contributed by atoms with E-state index in [1.165, 1.54) is 0 Å². The SMILES string of the molecule is CCC1(O)C[C@@H](C)N(C(=O)OC(C)(C)C)C1. The summed E-state index contributed by atoms with van der Waals surface area (Å²) in [6.45, 7) is 9.79. The summed E-state index contributed by atoms with van der Waals surface area (Å²) in [5, 5.41) is 10.1. The van der Waals surface area contributed by atoms with Gasteiger partial charge in [-0.05, 0) is 40.5 Å². The molecule has 0 aliphatic carbocycles. The van der Waals surface area contributed by atoms with Gasteiger partial charge in [-0.3, -0.25) is 0 Å². The summed E-state index contributed by atoms with van der Waals surface area (Å²) in [7, 11) is 0. The van der Waals surface area contributed by atoms with Gasteiger partial charge in [0, 0.05) is 6.04 Å². The number of nitrogens with zero attached hydrogens (tertiary/aromatic N) is 1. The number of carbonyl (C=O) groups is 1. The molecule has 1 amide bonds. The fourth-order valence-electron chi connectivity index (χ4n) is 2.02. The number of aliphatic hydroxyl groups is 1. The van der Waals surface area contributed by atoms with Crippen molar-refractivity contribution < 1.29 is 14.6 Å². The highest BCUT2D eigenvalue weighted by molar-refractivity contribution is 5.69. The van der Waals surface area contributed by atoms with Crippen LogP contribution in [-0.2, 0) is 4.74 Å². The van der Waals surface area contributed by atoms with Crippen molar-refractivity contribution in [2.75, 3.05) is 6.54 Å². The minimum atomic E-state index is -0.740. The average Bonchev–Trinajstić information content (AvgIpc) is 2.40. The van der Waals surface area contributed by atoms with Gasteiger partial charge in [0.25, 0.3) is 0 Å². The molecule has 1 aliphatic heterocycles. The van der Waals surface area contributed by atoms with Gasteiger partial charge in [0.05, 0.1) is 12.1 Å². The van der Waals surface area contributed by atoms with E-state index in [-0.39, 0.29) is 12.1 Å². The van der Waals surface area contributed by atoms with Crippen molar-refractivity contribution in [3.63, 3.8) is 0 Å². The Morgan fingerprint density at radius 2 is 2.12 bits per heavy atom. The molecule has 1 heterocycles. The van der Waals surface area contributed by atoms with E-state index < -0.39 is 11.2 Å². The number of carbonyl (C=O) groups excluding carboxylic acids is 1. The zero-order chi connectivity index (χ0) is 12.6. The minimum Gasteiger partial charge on any atom is -0.444 e. The lowest BCUT2D eigenvalue weighted by molar-refractivity contribution is 0.0120. The lowest BCUT2D eigenvalue weighted by atomic mass is 9.98. The molecule has 1 unspecified atom stereocenters. The van der Waals surface area contributed by atoms with Crippen LogP contribution in [0.1, 0.15) is 47.5 Å². The minimum absolute atomic E-state index is 0.0415. The molecule has 1 N–H and O–H groups in total. The van der Waals surface area contributed by atoms with Crippen LogP contribution in [0.15, 0.2) is 0 Å². The topological polar surface area (TPSA) is 49.8 Å². The normalized spacial score (nSPS) is 30.6. The van der Waals surface area contributed by atoms with E-state index in [0.717, 1.165) is 0 Å². The Hall–Kier alpha value is -0.770. The molecule has 94 valence electrons. The Morgan fingerprint density at radius 3 is 2.50 bits per heavy atom. The van der Waals surface area contributed by atoms with Crippen molar-refractivity contribution in [3.05, 3.63) is 0 Å². The van der Waals surface area contributed by atoms with E-state index >= 15 is 0 Å². The van der Waals surface area contributed by atoms with Crippen molar-refractivity contribution in [2.24, 2.45) is 0 Å². The molecule has 0 bridgehead atoms. The summed E-state index contributed by atoms with van der Waals surface area (Å²) < 4.78 is 5.31. The van der Waals surface area contributed by atoms with Gasteiger partial charge in [-0.25, -0.2) is 4.79 Å². The Bertz CT molecular complexity index is 272. The van der Waals surface area contributed by atoms with Gasteiger partial charge in [0.15, 0.2) is 0 Å². The van der Waals surface area contributed by atoms with Crippen molar-refractivity contribution in [3.8, 4) is 0 Å². The third kappa shape index (κ3) is 3.11. The summed E-state index contributed by atoms with van der Waals surface area (Å²) in [5.74, 6) is 0. The molecular weight excluding hydrogens is 206 g/mol. The van der Waals surface area contributed by atoms with Crippen LogP contribution in [0.5, 0.6) is 0 Å². The first kappa shape index (κ1) is 13.3. The molecular formula is C12H23NO3. The summed E-state index contributed by atoms with van der Waals surface area (Å²) in [4.78, 5) is 13.5. The Kier molecular flexibility index (Phi) is 3.53. The zero-order valence-electron chi connectivity index (χ0n) is 10.9. The highest BCUT2D eigenvalue weighted by Gasteiger charge is 2.42. The van der Waals surface area contributed by atoms with Gasteiger partial charge in [-0.1, -0.05) is 6.92 Å². The molecule has 0 aromatic carbocycles. The van der Waals surface area contributed by atoms with Gasteiger partial charge in [-0.15, -0.1) is 0 Å². The Balaban J connectivity index is 2.65. The van der Waals surface area contributed by atoms with Crippen LogP contribution in [0.3, 0.4) is 0 Å². The Morgan fingerprint density at radius 1 is 1.56 bits per heavy atom. The molecule has 4 nitrogen and oxygen atoms in total. The van der Waals surface area contributed by atoms with E-state index in [1.807, 2.05) is 34.6 Å². The monoisotopic (exact) mass is 229 g/mol. The van der Waals surface area contributed by atoms with Gasteiger partial charge in [0.1, 0.15) is 5.60 Å². The summed E-state index contributed by atoms with van der Waals surface area (Å²) in [6.07, 6.45) is 0.962. The maximum atomic E-state index is 11.9. The second-order valence-corrected chi connectivity index (χ2v) is 5.74. The molecule has 0 spiro atoms. The third-order valence-electron chi connectivity index (χ3n) is 2.96. The summed E-state index contributed by atoms with van der Waals surface area (Å²) >= 11 is 0. The number of rotatable bonds is 1. The molecule has 0 aromatic rings. The van der Waals surface area contributed by atoms with Crippen molar-refractivity contribution in [1.82, 2.24) is 4.90 Å². The van der Waals surface area contributed by atoms with Crippen LogP contribution < -0.4 is 0 Å². The first-order valence-corrected chi connectivity index (χ1v) is 5.89. The first-order chi connectivity index (χ1) is 7.17. The number of β-amino-alcohol motifs (C(OH)–C–C–N with tert-alkyl or cyclic N) is 1. The number of ether oxygens (including phenoxy) is 1. The van der Waals surface area contributed by atoms with Crippen LogP contribution in [0.4, 0.5) is 4.79 Å². The standard InChI is InChI=1S/C12H23NO3/c1-6-12(15)7-9(2)13(8-12)10(14)16-11(3,4)5/h9,15H,6-8H2,1-5H3/t9-,12?/m1/s1. The van der Waals surface area contributed by atoms with Crippen LogP contribution >= 0.6 is 0 Å². The van der Waals surface area contributed by atoms with Gasteiger partial charge in [0.2, 0.25) is 0 Å². The second kappa shape index (κ2) is 4.24. The Labute approximate surface area is 97.6 Å². The fraction of sp³-hybridized carbons (Fsp3) is 0.917. The van der Waals surface area contributed by atoms with Crippen LogP contribution in [-0.4, -0.2) is 39.9 Å². The van der Waals surface area contributed by atoms with Crippen molar-refractivity contribution in [2.45, 2.75) is 64.7 Å². The van der Waals surface area contributed by atoms with E-state index in [2.05, 4.69) is 0 Å². The van der Waals surface area contributed by atoms with Gasteiger partial charge < -0.3 is 14.7 Å². The molecule has 4 heteroatoms. The van der Waals surface area contributed by atoms with E-state index in [4.69, 9.17) is 4.74 Å². The van der Waals surface area contributed by atoms with Crippen LogP contribution in [0.25, 0.3) is 0 Å². The van der Waals surface area contributed by atoms with Crippen molar-refractivity contribution in [1.29, 1.82) is 0 Å². The predicted molar refractivity (Wildman–Crippen MR) is 62.3 cm³/mol. The lowest BCUT2D eigenvalue weighted by Crippen LogP contribution is -2.40. The number of likely N-dealkylation sites (tertiary alicyclic amines) is 1. The highest BCUT2D eigenvalue weighted by Crippen LogP contribution is 2.30. The molecule has 1 fully saturated rings. The number of amides is 1. The number of hydrogen-bond donors (Lipinski definition) is 1. The smallest absolute Gasteiger partial charge is 0.410 e. The second-order valence-electron chi connectivity index (χ2n) is 5.74. The predicted octanol–water partition coefficient (Wildman–Crippen LogP) is 2.16. The van der Waals surface area contributed by atoms with Crippen LogP contribution in [0, 0.1) is 0 Å². The van der Waals surface area contributed by atoms with Crippen molar-refractivity contribution >= 4 is 6.09 Å². The molecule has 0 aromatic heterocycles. The quantitative estimate of drug-likeness (QED) is 0.749. The lowest BCUT2D eigenvalue weighted by Gasteiger charge is -2.27. The molecule has 0 saturated carbocycles. The molecule has 1 aliphatic rings. The summed E-state index contributed by atoms with van der Waals surface area (Å²) in [5.41, 5.74) is -1.22. The highest BCUT2D eigenvalue weighted by atomic mass is 16.6. The zero-order valence-corrected chi connectivity index (χ0v) is 10.9. The summed E-state index contributed by atoms with van der Waals surface area (Å²) in [6, 6.07) is 0.0415. The van der Waals surface area contributed by atoms with E-state index in [9.17, 15) is 9.90 Å². The molecule has 1 rings (SSSR count). The fourth-order valence-corrected chi connectivity index (χ4v) is 2.02. The average molecular weight is 229 g/mol.